The van der Waals surface area contributed by atoms with E-state index in [2.05, 4.69) is 10.6 Å². The van der Waals surface area contributed by atoms with E-state index in [9.17, 15) is 9.18 Å². The summed E-state index contributed by atoms with van der Waals surface area (Å²) in [6, 6.07) is 9.02. The second kappa shape index (κ2) is 7.97. The highest BCUT2D eigenvalue weighted by atomic mass is 35.5. The van der Waals surface area contributed by atoms with Gasteiger partial charge in [-0.2, -0.15) is 0 Å². The van der Waals surface area contributed by atoms with Crippen LogP contribution in [0, 0.1) is 5.82 Å². The molecule has 23 heavy (non-hydrogen) atoms. The van der Waals surface area contributed by atoms with E-state index in [1.54, 1.807) is 25.1 Å². The molecule has 1 atom stereocenters. The van der Waals surface area contributed by atoms with Gasteiger partial charge in [0.05, 0.1) is 27.3 Å². The molecule has 7 heteroatoms. The van der Waals surface area contributed by atoms with Crippen molar-refractivity contribution in [2.75, 3.05) is 11.9 Å². The summed E-state index contributed by atoms with van der Waals surface area (Å²) in [5.41, 5.74) is 0.860. The Labute approximate surface area is 148 Å². The number of halogens is 4. The summed E-state index contributed by atoms with van der Waals surface area (Å²) in [6.45, 7) is 1.77. The summed E-state index contributed by atoms with van der Waals surface area (Å²) >= 11 is 17.7. The van der Waals surface area contributed by atoms with Crippen molar-refractivity contribution in [3.63, 3.8) is 0 Å². The molecule has 2 N–H and O–H groups in total. The quantitative estimate of drug-likeness (QED) is 0.716. The van der Waals surface area contributed by atoms with Crippen molar-refractivity contribution in [2.45, 2.75) is 13.0 Å². The van der Waals surface area contributed by atoms with Crippen molar-refractivity contribution in [1.82, 2.24) is 5.32 Å². The highest BCUT2D eigenvalue weighted by Crippen LogP contribution is 2.32. The molecule has 0 aromatic heterocycles. The lowest BCUT2D eigenvalue weighted by Crippen LogP contribution is -2.30. The Morgan fingerprint density at radius 2 is 1.78 bits per heavy atom. The first kappa shape index (κ1) is 18.0. The van der Waals surface area contributed by atoms with Crippen molar-refractivity contribution in [3.8, 4) is 0 Å². The predicted molar refractivity (Wildman–Crippen MR) is 92.9 cm³/mol. The van der Waals surface area contributed by atoms with Crippen molar-refractivity contribution in [1.29, 1.82) is 0 Å². The summed E-state index contributed by atoms with van der Waals surface area (Å²) < 4.78 is 13.7. The summed E-state index contributed by atoms with van der Waals surface area (Å²) in [5.74, 6) is -0.645. The Morgan fingerprint density at radius 3 is 2.48 bits per heavy atom. The minimum Gasteiger partial charge on any atom is -0.324 e. The molecule has 0 radical (unpaired) electrons. The van der Waals surface area contributed by atoms with E-state index in [0.717, 1.165) is 0 Å². The molecule has 0 aliphatic carbocycles. The van der Waals surface area contributed by atoms with Gasteiger partial charge >= 0.3 is 0 Å². The van der Waals surface area contributed by atoms with Crippen LogP contribution in [-0.2, 0) is 4.79 Å². The summed E-state index contributed by atoms with van der Waals surface area (Å²) in [4.78, 5) is 12.0. The number of benzene rings is 2. The SMILES string of the molecule is CC(NCC(=O)Nc1cc(Cl)c(Cl)cc1Cl)c1ccccc1F. The van der Waals surface area contributed by atoms with Crippen LogP contribution in [0.15, 0.2) is 36.4 Å². The topological polar surface area (TPSA) is 41.1 Å². The van der Waals surface area contributed by atoms with Crippen molar-refractivity contribution >= 4 is 46.4 Å². The summed E-state index contributed by atoms with van der Waals surface area (Å²) in [5, 5.41) is 6.46. The second-order valence-electron chi connectivity index (χ2n) is 4.92. The van der Waals surface area contributed by atoms with Gasteiger partial charge in [-0.25, -0.2) is 4.39 Å². The standard InChI is InChI=1S/C16H14Cl3FN2O/c1-9(10-4-2-3-5-14(10)20)21-8-16(23)22-15-7-12(18)11(17)6-13(15)19/h2-7,9,21H,8H2,1H3,(H,22,23). The zero-order valence-electron chi connectivity index (χ0n) is 12.2. The fourth-order valence-corrected chi connectivity index (χ4v) is 2.59. The van der Waals surface area contributed by atoms with E-state index in [-0.39, 0.29) is 29.3 Å². The Morgan fingerprint density at radius 1 is 1.13 bits per heavy atom. The van der Waals surface area contributed by atoms with Crippen LogP contribution in [0.4, 0.5) is 10.1 Å². The van der Waals surface area contributed by atoms with Crippen LogP contribution in [0.3, 0.4) is 0 Å². The molecular formula is C16H14Cl3FN2O. The second-order valence-corrected chi connectivity index (χ2v) is 6.14. The minimum atomic E-state index is -0.325. The highest BCUT2D eigenvalue weighted by molar-refractivity contribution is 6.44. The summed E-state index contributed by atoms with van der Waals surface area (Å²) in [6.07, 6.45) is 0. The molecule has 2 aromatic carbocycles. The van der Waals surface area contributed by atoms with Crippen LogP contribution < -0.4 is 10.6 Å². The number of nitrogens with one attached hydrogen (secondary N) is 2. The lowest BCUT2D eigenvalue weighted by molar-refractivity contribution is -0.115. The van der Waals surface area contributed by atoms with Crippen molar-refractivity contribution in [2.24, 2.45) is 0 Å². The predicted octanol–water partition coefficient (Wildman–Crippen LogP) is 5.08. The van der Waals surface area contributed by atoms with Gasteiger partial charge in [0, 0.05) is 11.6 Å². The molecule has 3 nitrogen and oxygen atoms in total. The monoisotopic (exact) mass is 374 g/mol. The molecule has 0 saturated heterocycles. The first-order valence-corrected chi connectivity index (χ1v) is 7.94. The molecule has 1 unspecified atom stereocenters. The third kappa shape index (κ3) is 4.82. The number of hydrogen-bond acceptors (Lipinski definition) is 2. The van der Waals surface area contributed by atoms with Gasteiger partial charge in [-0.1, -0.05) is 53.0 Å². The molecule has 0 fully saturated rings. The van der Waals surface area contributed by atoms with Crippen LogP contribution >= 0.6 is 34.8 Å². The number of hydrogen-bond donors (Lipinski definition) is 2. The Kier molecular flexibility index (Phi) is 6.25. The number of rotatable bonds is 5. The molecule has 0 aliphatic rings. The Balaban J connectivity index is 1.96. The third-order valence-corrected chi connectivity index (χ3v) is 4.26. The molecular weight excluding hydrogens is 362 g/mol. The average molecular weight is 376 g/mol. The van der Waals surface area contributed by atoms with Crippen LogP contribution in [0.5, 0.6) is 0 Å². The van der Waals surface area contributed by atoms with E-state index < -0.39 is 0 Å². The smallest absolute Gasteiger partial charge is 0.238 e. The molecule has 0 spiro atoms. The summed E-state index contributed by atoms with van der Waals surface area (Å²) in [7, 11) is 0. The molecule has 2 rings (SSSR count). The number of carbonyl (C=O) groups excluding carboxylic acids is 1. The minimum absolute atomic E-state index is 0.00786. The third-order valence-electron chi connectivity index (χ3n) is 3.22. The largest absolute Gasteiger partial charge is 0.324 e. The van der Waals surface area contributed by atoms with E-state index in [1.165, 1.54) is 18.2 Å². The van der Waals surface area contributed by atoms with Gasteiger partial charge in [-0.3, -0.25) is 4.79 Å². The zero-order chi connectivity index (χ0) is 17.0. The number of carbonyl (C=O) groups is 1. The zero-order valence-corrected chi connectivity index (χ0v) is 14.4. The van der Waals surface area contributed by atoms with Gasteiger partial charge in [0.2, 0.25) is 5.91 Å². The van der Waals surface area contributed by atoms with E-state index >= 15 is 0 Å². The van der Waals surface area contributed by atoms with E-state index in [4.69, 9.17) is 34.8 Å². The molecule has 122 valence electrons. The van der Waals surface area contributed by atoms with Gasteiger partial charge in [0.15, 0.2) is 0 Å². The lowest BCUT2D eigenvalue weighted by atomic mass is 10.1. The van der Waals surface area contributed by atoms with Crippen LogP contribution in [-0.4, -0.2) is 12.5 Å². The van der Waals surface area contributed by atoms with Gasteiger partial charge in [-0.05, 0) is 25.1 Å². The van der Waals surface area contributed by atoms with Gasteiger partial charge in [0.25, 0.3) is 0 Å². The Bertz CT molecular complexity index is 724. The lowest BCUT2D eigenvalue weighted by Gasteiger charge is -2.15. The number of anilines is 1. The first-order chi connectivity index (χ1) is 10.9. The maximum atomic E-state index is 13.7. The molecule has 0 bridgehead atoms. The fourth-order valence-electron chi connectivity index (χ4n) is 1.99. The van der Waals surface area contributed by atoms with E-state index in [1.807, 2.05) is 0 Å². The van der Waals surface area contributed by atoms with Gasteiger partial charge in [0.1, 0.15) is 5.82 Å². The fraction of sp³-hybridized carbons (Fsp3) is 0.188. The maximum Gasteiger partial charge on any atom is 0.238 e. The van der Waals surface area contributed by atoms with Crippen molar-refractivity contribution in [3.05, 3.63) is 62.8 Å². The van der Waals surface area contributed by atoms with Crippen LogP contribution in [0.1, 0.15) is 18.5 Å². The van der Waals surface area contributed by atoms with Gasteiger partial charge in [-0.15, -0.1) is 0 Å². The van der Waals surface area contributed by atoms with Crippen LogP contribution in [0.25, 0.3) is 0 Å². The van der Waals surface area contributed by atoms with Crippen LogP contribution in [0.2, 0.25) is 15.1 Å². The van der Waals surface area contributed by atoms with E-state index in [0.29, 0.717) is 21.3 Å². The highest BCUT2D eigenvalue weighted by Gasteiger charge is 2.13. The molecule has 2 aromatic rings. The molecule has 1 amide bonds. The van der Waals surface area contributed by atoms with Gasteiger partial charge < -0.3 is 10.6 Å². The maximum absolute atomic E-state index is 13.7. The van der Waals surface area contributed by atoms with Crippen molar-refractivity contribution < 1.29 is 9.18 Å². The normalized spacial score (nSPS) is 12.0. The average Bonchev–Trinajstić information content (AvgIpc) is 2.51. The molecule has 0 heterocycles. The molecule has 0 saturated carbocycles. The Hall–Kier alpha value is -1.33. The molecule has 0 aliphatic heterocycles. The first-order valence-electron chi connectivity index (χ1n) is 6.80. The number of amides is 1.